The molecule has 26 heavy (non-hydrogen) atoms. The summed E-state index contributed by atoms with van der Waals surface area (Å²) in [6, 6.07) is 0. The first kappa shape index (κ1) is 21.6. The number of halogens is 3. The van der Waals surface area contributed by atoms with Gasteiger partial charge in [-0.1, -0.05) is 55.7 Å². The van der Waals surface area contributed by atoms with E-state index in [1.54, 1.807) is 0 Å². The molecule has 0 radical (unpaired) electrons. The average Bonchev–Trinajstić information content (AvgIpc) is 2.54. The van der Waals surface area contributed by atoms with Crippen LogP contribution in [-0.2, 0) is 4.43 Å². The molecule has 0 atom stereocenters. The molecular weight excluding hydrogens is 414 g/mol. The Morgan fingerprint density at radius 2 is 1.81 bits per heavy atom. The van der Waals surface area contributed by atoms with E-state index in [1.807, 2.05) is 6.26 Å². The molecule has 0 saturated heterocycles. The maximum absolute atomic E-state index is 14.4. The second-order valence-electron chi connectivity index (χ2n) is 7.33. The number of aromatic nitrogens is 3. The van der Waals surface area contributed by atoms with E-state index >= 15 is 0 Å². The van der Waals surface area contributed by atoms with Crippen molar-refractivity contribution in [3.63, 3.8) is 0 Å². The van der Waals surface area contributed by atoms with Gasteiger partial charge in [0.1, 0.15) is 16.5 Å². The van der Waals surface area contributed by atoms with Crippen LogP contribution in [0.4, 0.5) is 10.2 Å². The van der Waals surface area contributed by atoms with Crippen molar-refractivity contribution in [1.82, 2.24) is 15.0 Å². The van der Waals surface area contributed by atoms with Crippen molar-refractivity contribution in [2.75, 3.05) is 24.7 Å². The number of thioether (sulfide) groups is 1. The zero-order valence-electron chi connectivity index (χ0n) is 15.7. The summed E-state index contributed by atoms with van der Waals surface area (Å²) in [5.74, 6) is -0.282. The zero-order valence-corrected chi connectivity index (χ0v) is 19.0. The Morgan fingerprint density at radius 1 is 1.15 bits per heavy atom. The highest BCUT2D eigenvalue weighted by Crippen LogP contribution is 2.36. The zero-order chi connectivity index (χ0) is 19.7. The second-order valence-corrected chi connectivity index (χ2v) is 13.6. The van der Waals surface area contributed by atoms with Gasteiger partial charge in [-0.05, 0) is 24.4 Å². The molecule has 2 heterocycles. The molecule has 0 bridgehead atoms. The highest BCUT2D eigenvalue weighted by atomic mass is 35.5. The Labute approximate surface area is 168 Å². The minimum absolute atomic E-state index is 0.0576. The molecule has 5 nitrogen and oxygen atoms in total. The Kier molecular flexibility index (Phi) is 6.77. The Hall–Kier alpha value is -0.673. The van der Waals surface area contributed by atoms with Crippen LogP contribution in [-0.4, -0.2) is 42.7 Å². The van der Waals surface area contributed by atoms with Crippen LogP contribution in [0.25, 0.3) is 10.9 Å². The SMILES string of the molecule is CSc1nc(NCCO[Si](C)(C)C(C)(C)C)c2c(Cl)nc(Cl)c(F)c2n1. The first-order valence-electron chi connectivity index (χ1n) is 8.12. The summed E-state index contributed by atoms with van der Waals surface area (Å²) in [5, 5.41) is 3.80. The first-order valence-corrected chi connectivity index (χ1v) is 13.0. The number of nitrogens with one attached hydrogen (secondary N) is 1. The minimum atomic E-state index is -1.83. The normalized spacial score (nSPS) is 12.7. The summed E-state index contributed by atoms with van der Waals surface area (Å²) in [7, 11) is -1.83. The second kappa shape index (κ2) is 8.14. The molecule has 2 aromatic heterocycles. The highest BCUT2D eigenvalue weighted by Gasteiger charge is 2.36. The number of nitrogens with zero attached hydrogens (tertiary/aromatic N) is 3. The third-order valence-corrected chi connectivity index (χ3v) is 10.1. The molecule has 0 aliphatic rings. The van der Waals surface area contributed by atoms with Gasteiger partial charge in [-0.25, -0.2) is 19.3 Å². The molecule has 0 spiro atoms. The van der Waals surface area contributed by atoms with Gasteiger partial charge in [-0.15, -0.1) is 0 Å². The molecule has 0 unspecified atom stereocenters. The van der Waals surface area contributed by atoms with Gasteiger partial charge in [0.15, 0.2) is 24.4 Å². The molecule has 1 N–H and O–H groups in total. The summed E-state index contributed by atoms with van der Waals surface area (Å²) < 4.78 is 20.5. The molecule has 10 heteroatoms. The third-order valence-electron chi connectivity index (χ3n) is 4.53. The number of pyridine rings is 1. The lowest BCUT2D eigenvalue weighted by Crippen LogP contribution is -2.41. The fourth-order valence-electron chi connectivity index (χ4n) is 1.99. The van der Waals surface area contributed by atoms with Crippen LogP contribution >= 0.6 is 35.0 Å². The monoisotopic (exact) mass is 436 g/mol. The third kappa shape index (κ3) is 4.59. The van der Waals surface area contributed by atoms with Crippen molar-refractivity contribution in [3.05, 3.63) is 16.1 Å². The fraction of sp³-hybridized carbons (Fsp3) is 0.562. The van der Waals surface area contributed by atoms with Gasteiger partial charge < -0.3 is 9.74 Å². The van der Waals surface area contributed by atoms with E-state index in [9.17, 15) is 4.39 Å². The summed E-state index contributed by atoms with van der Waals surface area (Å²) in [6.45, 7) is 12.0. The molecular formula is C16H23Cl2FN4OSSi. The van der Waals surface area contributed by atoms with E-state index in [-0.39, 0.29) is 20.9 Å². The van der Waals surface area contributed by atoms with Crippen LogP contribution in [0.3, 0.4) is 0 Å². The fourth-order valence-corrected chi connectivity index (χ4v) is 3.89. The van der Waals surface area contributed by atoms with Gasteiger partial charge in [0.2, 0.25) is 0 Å². The molecule has 0 saturated carbocycles. The first-order chi connectivity index (χ1) is 12.0. The summed E-state index contributed by atoms with van der Waals surface area (Å²) in [4.78, 5) is 12.4. The van der Waals surface area contributed by atoms with Crippen molar-refractivity contribution in [2.24, 2.45) is 0 Å². The van der Waals surface area contributed by atoms with Gasteiger partial charge >= 0.3 is 0 Å². The lowest BCUT2D eigenvalue weighted by Gasteiger charge is -2.36. The van der Waals surface area contributed by atoms with Crippen LogP contribution in [0.5, 0.6) is 0 Å². The number of hydrogen-bond donors (Lipinski definition) is 1. The standard InChI is InChI=1S/C16H23Cl2FN4OSSi/c1-16(2,3)26(5,6)24-8-7-20-14-9-11(21-15(23-14)25-4)10(19)13(18)22-12(9)17/h7-8H2,1-6H3,(H,20,21,23). The van der Waals surface area contributed by atoms with Crippen molar-refractivity contribution in [1.29, 1.82) is 0 Å². The van der Waals surface area contributed by atoms with Crippen molar-refractivity contribution >= 4 is 60.0 Å². The molecule has 0 aliphatic heterocycles. The van der Waals surface area contributed by atoms with E-state index in [1.165, 1.54) is 11.8 Å². The van der Waals surface area contributed by atoms with Crippen LogP contribution in [0.2, 0.25) is 28.4 Å². The number of fused-ring (bicyclic) bond motifs is 1. The van der Waals surface area contributed by atoms with Crippen LogP contribution in [0, 0.1) is 5.82 Å². The van der Waals surface area contributed by atoms with Crippen LogP contribution < -0.4 is 5.32 Å². The summed E-state index contributed by atoms with van der Waals surface area (Å²) in [6.07, 6.45) is 1.81. The summed E-state index contributed by atoms with van der Waals surface area (Å²) in [5.41, 5.74) is 0.0576. The van der Waals surface area contributed by atoms with Crippen LogP contribution in [0.1, 0.15) is 20.8 Å². The van der Waals surface area contributed by atoms with Gasteiger partial charge in [0.05, 0.1) is 12.0 Å². The molecule has 144 valence electrons. The highest BCUT2D eigenvalue weighted by molar-refractivity contribution is 7.98. The van der Waals surface area contributed by atoms with Crippen molar-refractivity contribution < 1.29 is 8.82 Å². The number of anilines is 1. The Balaban J connectivity index is 2.26. The predicted molar refractivity (Wildman–Crippen MR) is 111 cm³/mol. The van der Waals surface area contributed by atoms with Gasteiger partial charge in [-0.2, -0.15) is 0 Å². The van der Waals surface area contributed by atoms with Crippen molar-refractivity contribution in [3.8, 4) is 0 Å². The van der Waals surface area contributed by atoms with Crippen LogP contribution in [0.15, 0.2) is 5.16 Å². The van der Waals surface area contributed by atoms with E-state index in [2.05, 4.69) is 54.1 Å². The maximum atomic E-state index is 14.4. The van der Waals surface area contributed by atoms with Gasteiger partial charge in [0, 0.05) is 6.54 Å². The molecule has 0 fully saturated rings. The van der Waals surface area contributed by atoms with E-state index in [0.29, 0.717) is 29.5 Å². The Bertz CT molecular complexity index is 817. The number of hydrogen-bond acceptors (Lipinski definition) is 6. The smallest absolute Gasteiger partial charge is 0.192 e. The quantitative estimate of drug-likeness (QED) is 0.208. The molecule has 0 aromatic carbocycles. The summed E-state index contributed by atoms with van der Waals surface area (Å²) >= 11 is 13.3. The minimum Gasteiger partial charge on any atom is -0.415 e. The van der Waals surface area contributed by atoms with E-state index < -0.39 is 14.1 Å². The molecule has 0 amide bonds. The van der Waals surface area contributed by atoms with Gasteiger partial charge in [0.25, 0.3) is 0 Å². The predicted octanol–water partition coefficient (Wildman–Crippen LogP) is 5.63. The van der Waals surface area contributed by atoms with E-state index in [4.69, 9.17) is 27.6 Å². The topological polar surface area (TPSA) is 59.9 Å². The largest absolute Gasteiger partial charge is 0.415 e. The number of rotatable bonds is 6. The molecule has 2 aromatic rings. The average molecular weight is 437 g/mol. The van der Waals surface area contributed by atoms with Crippen molar-refractivity contribution in [2.45, 2.75) is 44.1 Å². The maximum Gasteiger partial charge on any atom is 0.192 e. The lowest BCUT2D eigenvalue weighted by molar-refractivity contribution is 0.301. The molecule has 0 aliphatic carbocycles. The van der Waals surface area contributed by atoms with Gasteiger partial charge in [-0.3, -0.25) is 0 Å². The molecule has 2 rings (SSSR count). The van der Waals surface area contributed by atoms with E-state index in [0.717, 1.165) is 0 Å². The Morgan fingerprint density at radius 3 is 2.38 bits per heavy atom. The lowest BCUT2D eigenvalue weighted by atomic mass is 10.2.